The molecule has 158 valence electrons. The van der Waals surface area contributed by atoms with Gasteiger partial charge >= 0.3 is 5.95 Å². The number of ether oxygens (including phenoxy) is 2. The van der Waals surface area contributed by atoms with Crippen LogP contribution in [-0.2, 0) is 30.3 Å². The molecule has 29 heavy (non-hydrogen) atoms. The summed E-state index contributed by atoms with van der Waals surface area (Å²) in [5.74, 6) is -0.357. The van der Waals surface area contributed by atoms with Crippen LogP contribution in [0.2, 0.25) is 0 Å². The van der Waals surface area contributed by atoms with E-state index in [1.54, 1.807) is 12.1 Å². The number of hydrogen-bond acceptors (Lipinski definition) is 8. The molecule has 1 aliphatic heterocycles. The monoisotopic (exact) mass is 425 g/mol. The summed E-state index contributed by atoms with van der Waals surface area (Å²) in [7, 11) is -4.00. The molecule has 10 nitrogen and oxygen atoms in total. The first-order valence-electron chi connectivity index (χ1n) is 9.24. The molecular formula is C18H23N3O7S. The third kappa shape index (κ3) is 5.82. The van der Waals surface area contributed by atoms with Gasteiger partial charge in [0.05, 0.1) is 11.5 Å². The normalized spacial score (nSPS) is 18.4. The number of rotatable bonds is 9. The Bertz CT molecular complexity index is 921. The smallest absolute Gasteiger partial charge is 0.390 e. The van der Waals surface area contributed by atoms with Crippen LogP contribution in [0.25, 0.3) is 0 Å². The van der Waals surface area contributed by atoms with Gasteiger partial charge in [0.15, 0.2) is 6.29 Å². The predicted molar refractivity (Wildman–Crippen MR) is 102 cm³/mol. The Morgan fingerprint density at radius 3 is 2.76 bits per heavy atom. The van der Waals surface area contributed by atoms with Crippen molar-refractivity contribution in [3.05, 3.63) is 52.3 Å². The van der Waals surface area contributed by atoms with Gasteiger partial charge in [0.25, 0.3) is 10.1 Å². The van der Waals surface area contributed by atoms with Gasteiger partial charge in [-0.15, -0.1) is 0 Å². The summed E-state index contributed by atoms with van der Waals surface area (Å²) in [5, 5.41) is 11.1. The topological polar surface area (TPSA) is 123 Å². The summed E-state index contributed by atoms with van der Waals surface area (Å²) in [6.07, 6.45) is 3.95. The number of benzene rings is 1. The SMILES string of the molecule is Cc1ccc(S(=O)(=O)OC[C@@H](Cn2ccnc2[N+](=O)[O-])O[C@H]2CCCCO2)cc1. The van der Waals surface area contributed by atoms with E-state index in [4.69, 9.17) is 13.7 Å². The molecule has 1 aromatic carbocycles. The maximum absolute atomic E-state index is 12.5. The maximum Gasteiger partial charge on any atom is 0.434 e. The third-order valence-electron chi connectivity index (χ3n) is 4.46. The van der Waals surface area contributed by atoms with Gasteiger partial charge in [0.2, 0.25) is 0 Å². The van der Waals surface area contributed by atoms with Crippen molar-refractivity contribution in [1.29, 1.82) is 0 Å². The molecule has 2 aromatic rings. The second-order valence-electron chi connectivity index (χ2n) is 6.74. The van der Waals surface area contributed by atoms with Crippen molar-refractivity contribution < 1.29 is 27.0 Å². The lowest BCUT2D eigenvalue weighted by molar-refractivity contribution is -0.397. The van der Waals surface area contributed by atoms with Crippen molar-refractivity contribution in [2.75, 3.05) is 13.2 Å². The first-order chi connectivity index (χ1) is 13.8. The van der Waals surface area contributed by atoms with E-state index in [-0.39, 0.29) is 24.0 Å². The van der Waals surface area contributed by atoms with Gasteiger partial charge in [-0.2, -0.15) is 8.42 Å². The molecule has 0 amide bonds. The molecule has 2 atom stereocenters. The molecule has 0 aliphatic carbocycles. The summed E-state index contributed by atoms with van der Waals surface area (Å²) >= 11 is 0. The van der Waals surface area contributed by atoms with Crippen molar-refractivity contribution in [3.63, 3.8) is 0 Å². The highest BCUT2D eigenvalue weighted by Gasteiger charge is 2.27. The summed E-state index contributed by atoms with van der Waals surface area (Å²) in [6, 6.07) is 6.28. The van der Waals surface area contributed by atoms with Crippen LogP contribution in [0.5, 0.6) is 0 Å². The molecule has 0 saturated carbocycles. The van der Waals surface area contributed by atoms with Crippen molar-refractivity contribution in [2.24, 2.45) is 0 Å². The van der Waals surface area contributed by atoms with Crippen LogP contribution < -0.4 is 0 Å². The molecule has 0 bridgehead atoms. The summed E-state index contributed by atoms with van der Waals surface area (Å²) in [5.41, 5.74) is 0.923. The first kappa shape index (κ1) is 21.4. The van der Waals surface area contributed by atoms with E-state index in [1.807, 2.05) is 6.92 Å². The number of imidazole rings is 1. The van der Waals surface area contributed by atoms with Gasteiger partial charge in [0, 0.05) is 6.61 Å². The van der Waals surface area contributed by atoms with Crippen LogP contribution in [0.1, 0.15) is 24.8 Å². The van der Waals surface area contributed by atoms with Crippen molar-refractivity contribution in [3.8, 4) is 0 Å². The first-order valence-corrected chi connectivity index (χ1v) is 10.6. The fourth-order valence-corrected chi connectivity index (χ4v) is 3.88. The fraction of sp³-hybridized carbons (Fsp3) is 0.500. The number of nitrogens with zero attached hydrogens (tertiary/aromatic N) is 3. The van der Waals surface area contributed by atoms with Gasteiger partial charge < -0.3 is 19.6 Å². The highest BCUT2D eigenvalue weighted by Crippen LogP contribution is 2.20. The lowest BCUT2D eigenvalue weighted by Crippen LogP contribution is -2.34. The minimum atomic E-state index is -4.00. The molecule has 0 spiro atoms. The van der Waals surface area contributed by atoms with Crippen LogP contribution in [0.15, 0.2) is 41.6 Å². The van der Waals surface area contributed by atoms with Gasteiger partial charge in [-0.1, -0.05) is 22.7 Å². The van der Waals surface area contributed by atoms with E-state index in [2.05, 4.69) is 4.98 Å². The second-order valence-corrected chi connectivity index (χ2v) is 8.36. The highest BCUT2D eigenvalue weighted by atomic mass is 32.2. The lowest BCUT2D eigenvalue weighted by Gasteiger charge is -2.27. The zero-order chi connectivity index (χ0) is 20.9. The molecule has 0 unspecified atom stereocenters. The highest BCUT2D eigenvalue weighted by molar-refractivity contribution is 7.86. The van der Waals surface area contributed by atoms with Gasteiger partial charge in [-0.05, 0) is 43.2 Å². The third-order valence-corrected chi connectivity index (χ3v) is 5.75. The Morgan fingerprint density at radius 2 is 2.10 bits per heavy atom. The Labute approximate surface area is 168 Å². The summed E-state index contributed by atoms with van der Waals surface area (Å²) in [6.45, 7) is 2.08. The zero-order valence-corrected chi connectivity index (χ0v) is 16.8. The Kier molecular flexibility index (Phi) is 6.96. The molecule has 3 rings (SSSR count). The van der Waals surface area contributed by atoms with Gasteiger partial charge in [-0.25, -0.2) is 4.57 Å². The van der Waals surface area contributed by atoms with E-state index >= 15 is 0 Å². The van der Waals surface area contributed by atoms with Crippen LogP contribution in [-0.4, -0.2) is 48.5 Å². The Morgan fingerprint density at radius 1 is 1.34 bits per heavy atom. The quantitative estimate of drug-likeness (QED) is 0.341. The number of aryl methyl sites for hydroxylation is 1. The summed E-state index contributed by atoms with van der Waals surface area (Å²) in [4.78, 5) is 14.2. The molecular weight excluding hydrogens is 402 g/mol. The predicted octanol–water partition coefficient (Wildman–Crippen LogP) is 2.42. The molecule has 1 aliphatic rings. The average Bonchev–Trinajstić information content (AvgIpc) is 3.16. The molecule has 0 N–H and O–H groups in total. The molecule has 1 aromatic heterocycles. The van der Waals surface area contributed by atoms with Crippen molar-refractivity contribution >= 4 is 16.1 Å². The van der Waals surface area contributed by atoms with Crippen LogP contribution in [0, 0.1) is 17.0 Å². The lowest BCUT2D eigenvalue weighted by atomic mass is 10.2. The molecule has 1 fully saturated rings. The molecule has 11 heteroatoms. The molecule has 0 radical (unpaired) electrons. The van der Waals surface area contributed by atoms with Crippen LogP contribution in [0.3, 0.4) is 0 Å². The summed E-state index contributed by atoms with van der Waals surface area (Å²) < 4.78 is 42.9. The Balaban J connectivity index is 1.72. The van der Waals surface area contributed by atoms with Gasteiger partial charge in [-0.3, -0.25) is 4.18 Å². The standard InChI is InChI=1S/C18H23N3O7S/c1-14-5-7-16(8-6-14)29(24,25)27-13-15(28-17-4-2-3-11-26-17)12-20-10-9-19-18(20)21(22)23/h5-10,15,17H,2-4,11-13H2,1H3/t15-,17+/m1/s1. The van der Waals surface area contributed by atoms with E-state index in [9.17, 15) is 18.5 Å². The van der Waals surface area contributed by atoms with Crippen LogP contribution >= 0.6 is 0 Å². The molecule has 2 heterocycles. The number of nitro groups is 1. The van der Waals surface area contributed by atoms with Crippen molar-refractivity contribution in [2.45, 2.75) is 50.0 Å². The van der Waals surface area contributed by atoms with Crippen LogP contribution in [0.4, 0.5) is 5.95 Å². The fourth-order valence-electron chi connectivity index (χ4n) is 2.94. The van der Waals surface area contributed by atoms with E-state index in [0.29, 0.717) is 13.0 Å². The van der Waals surface area contributed by atoms with Gasteiger partial charge in [0.1, 0.15) is 25.0 Å². The number of hydrogen-bond donors (Lipinski definition) is 0. The van der Waals surface area contributed by atoms with E-state index in [1.165, 1.54) is 29.1 Å². The zero-order valence-electron chi connectivity index (χ0n) is 16.0. The number of aromatic nitrogens is 2. The second kappa shape index (κ2) is 9.44. The van der Waals surface area contributed by atoms with E-state index in [0.717, 1.165) is 18.4 Å². The van der Waals surface area contributed by atoms with Crippen molar-refractivity contribution in [1.82, 2.24) is 9.55 Å². The van der Waals surface area contributed by atoms with E-state index < -0.39 is 27.4 Å². The molecule has 1 saturated heterocycles. The Hall–Kier alpha value is -2.34. The largest absolute Gasteiger partial charge is 0.434 e. The minimum Gasteiger partial charge on any atom is -0.390 e. The average molecular weight is 425 g/mol. The minimum absolute atomic E-state index is 0.000406. The maximum atomic E-state index is 12.5.